The number of amides is 1. The van der Waals surface area contributed by atoms with Gasteiger partial charge in [0.1, 0.15) is 0 Å². The fourth-order valence-corrected chi connectivity index (χ4v) is 1.93. The molecule has 0 aliphatic rings. The number of aliphatic hydroxyl groups excluding tert-OH is 1. The van der Waals surface area contributed by atoms with E-state index in [2.05, 4.69) is 5.32 Å². The largest absolute Gasteiger partial charge is 0.416 e. The van der Waals surface area contributed by atoms with Crippen molar-refractivity contribution in [3.8, 4) is 0 Å². The molecule has 1 amide bonds. The summed E-state index contributed by atoms with van der Waals surface area (Å²) >= 11 is 0. The van der Waals surface area contributed by atoms with Crippen LogP contribution in [-0.2, 0) is 12.8 Å². The minimum absolute atomic E-state index is 0.0800. The maximum absolute atomic E-state index is 12.7. The number of benzene rings is 2. The quantitative estimate of drug-likeness (QED) is 0.907. The number of anilines is 1. The molecule has 0 radical (unpaired) electrons. The number of alkyl halides is 3. The summed E-state index contributed by atoms with van der Waals surface area (Å²) in [6, 6.07) is 9.23. The van der Waals surface area contributed by atoms with Gasteiger partial charge < -0.3 is 10.4 Å². The topological polar surface area (TPSA) is 49.3 Å². The highest BCUT2D eigenvalue weighted by Crippen LogP contribution is 2.29. The van der Waals surface area contributed by atoms with Gasteiger partial charge in [-0.25, -0.2) is 0 Å². The van der Waals surface area contributed by atoms with Crippen LogP contribution in [0, 0.1) is 6.92 Å². The minimum atomic E-state index is -4.50. The minimum Gasteiger partial charge on any atom is -0.392 e. The summed E-state index contributed by atoms with van der Waals surface area (Å²) in [6.07, 6.45) is -4.50. The van der Waals surface area contributed by atoms with Crippen LogP contribution in [0.4, 0.5) is 18.9 Å². The van der Waals surface area contributed by atoms with Crippen LogP contribution in [0.15, 0.2) is 42.5 Å². The van der Waals surface area contributed by atoms with Crippen molar-refractivity contribution in [2.75, 3.05) is 5.32 Å². The highest BCUT2D eigenvalue weighted by atomic mass is 19.4. The lowest BCUT2D eigenvalue weighted by Crippen LogP contribution is -2.14. The SMILES string of the molecule is Cc1ccc(CO)cc1NC(=O)c1cccc(C(F)(F)F)c1. The summed E-state index contributed by atoms with van der Waals surface area (Å²) in [7, 11) is 0. The van der Waals surface area contributed by atoms with Crippen LogP contribution in [0.2, 0.25) is 0 Å². The molecule has 0 unspecified atom stereocenters. The first kappa shape index (κ1) is 16.0. The molecule has 2 aromatic rings. The summed E-state index contributed by atoms with van der Waals surface area (Å²) < 4.78 is 38.0. The molecule has 0 fully saturated rings. The molecule has 116 valence electrons. The van der Waals surface area contributed by atoms with Crippen molar-refractivity contribution < 1.29 is 23.1 Å². The van der Waals surface area contributed by atoms with Crippen molar-refractivity contribution in [3.63, 3.8) is 0 Å². The first-order valence-corrected chi connectivity index (χ1v) is 6.50. The molecule has 0 aromatic heterocycles. The standard InChI is InChI=1S/C16H14F3NO2/c1-10-5-6-11(9-21)7-14(10)20-15(22)12-3-2-4-13(8-12)16(17,18)19/h2-8,21H,9H2,1H3,(H,20,22). The van der Waals surface area contributed by atoms with Crippen LogP contribution in [-0.4, -0.2) is 11.0 Å². The summed E-state index contributed by atoms with van der Waals surface area (Å²) in [5.74, 6) is -0.635. The predicted molar refractivity (Wildman–Crippen MR) is 76.5 cm³/mol. The number of halogens is 3. The molecule has 0 bridgehead atoms. The second-order valence-electron chi connectivity index (χ2n) is 4.84. The number of hydrogen-bond donors (Lipinski definition) is 2. The lowest BCUT2D eigenvalue weighted by molar-refractivity contribution is -0.137. The highest BCUT2D eigenvalue weighted by Gasteiger charge is 2.30. The Morgan fingerprint density at radius 1 is 1.18 bits per heavy atom. The van der Waals surface area contributed by atoms with E-state index in [1.807, 2.05) is 0 Å². The van der Waals surface area contributed by atoms with Gasteiger partial charge in [0.25, 0.3) is 5.91 Å². The number of carbonyl (C=O) groups excluding carboxylic acids is 1. The Labute approximate surface area is 125 Å². The molecule has 22 heavy (non-hydrogen) atoms. The van der Waals surface area contributed by atoms with Crippen molar-refractivity contribution in [1.29, 1.82) is 0 Å². The van der Waals surface area contributed by atoms with Gasteiger partial charge >= 0.3 is 6.18 Å². The van der Waals surface area contributed by atoms with E-state index < -0.39 is 17.6 Å². The molecule has 3 nitrogen and oxygen atoms in total. The molecule has 0 saturated heterocycles. The molecule has 0 spiro atoms. The molecule has 0 heterocycles. The average Bonchev–Trinajstić information content (AvgIpc) is 2.48. The van der Waals surface area contributed by atoms with Gasteiger partial charge in [0, 0.05) is 11.3 Å². The second kappa shape index (κ2) is 6.19. The first-order valence-electron chi connectivity index (χ1n) is 6.50. The Hall–Kier alpha value is -2.34. The summed E-state index contributed by atoms with van der Waals surface area (Å²) in [6.45, 7) is 1.57. The Morgan fingerprint density at radius 2 is 1.91 bits per heavy atom. The van der Waals surface area contributed by atoms with Crippen LogP contribution in [0.3, 0.4) is 0 Å². The Morgan fingerprint density at radius 3 is 2.55 bits per heavy atom. The van der Waals surface area contributed by atoms with E-state index in [9.17, 15) is 18.0 Å². The monoisotopic (exact) mass is 309 g/mol. The van der Waals surface area contributed by atoms with E-state index in [-0.39, 0.29) is 12.2 Å². The molecule has 2 N–H and O–H groups in total. The van der Waals surface area contributed by atoms with Gasteiger partial charge in [-0.1, -0.05) is 18.2 Å². The Kier molecular flexibility index (Phi) is 4.51. The third kappa shape index (κ3) is 3.65. The van der Waals surface area contributed by atoms with Gasteiger partial charge in [0.05, 0.1) is 12.2 Å². The third-order valence-electron chi connectivity index (χ3n) is 3.18. The summed E-state index contributed by atoms with van der Waals surface area (Å²) in [5, 5.41) is 11.7. The van der Waals surface area contributed by atoms with E-state index in [0.717, 1.165) is 17.7 Å². The third-order valence-corrected chi connectivity index (χ3v) is 3.18. The number of rotatable bonds is 3. The van der Waals surface area contributed by atoms with E-state index >= 15 is 0 Å². The zero-order chi connectivity index (χ0) is 16.3. The lowest BCUT2D eigenvalue weighted by atomic mass is 10.1. The van der Waals surface area contributed by atoms with E-state index in [0.29, 0.717) is 11.3 Å². The zero-order valence-electron chi connectivity index (χ0n) is 11.7. The maximum Gasteiger partial charge on any atom is 0.416 e. The molecule has 0 atom stereocenters. The predicted octanol–water partition coefficient (Wildman–Crippen LogP) is 3.76. The molecule has 6 heteroatoms. The van der Waals surface area contributed by atoms with Gasteiger partial charge in [-0.15, -0.1) is 0 Å². The maximum atomic E-state index is 12.7. The normalized spacial score (nSPS) is 11.3. The van der Waals surface area contributed by atoms with Gasteiger partial charge in [-0.05, 0) is 42.3 Å². The fraction of sp³-hybridized carbons (Fsp3) is 0.188. The Balaban J connectivity index is 2.26. The molecule has 0 aliphatic carbocycles. The fourth-order valence-electron chi connectivity index (χ4n) is 1.93. The smallest absolute Gasteiger partial charge is 0.392 e. The van der Waals surface area contributed by atoms with Crippen LogP contribution >= 0.6 is 0 Å². The average molecular weight is 309 g/mol. The van der Waals surface area contributed by atoms with Crippen molar-refractivity contribution in [2.45, 2.75) is 19.7 Å². The van der Waals surface area contributed by atoms with Crippen molar-refractivity contribution in [2.24, 2.45) is 0 Å². The molecule has 0 saturated carbocycles. The number of nitrogens with one attached hydrogen (secondary N) is 1. The second-order valence-corrected chi connectivity index (χ2v) is 4.84. The number of hydrogen-bond acceptors (Lipinski definition) is 2. The van der Waals surface area contributed by atoms with Gasteiger partial charge in [0.2, 0.25) is 0 Å². The lowest BCUT2D eigenvalue weighted by Gasteiger charge is -2.11. The Bertz CT molecular complexity index is 696. The van der Waals surface area contributed by atoms with E-state index in [4.69, 9.17) is 5.11 Å². The molecular weight excluding hydrogens is 295 g/mol. The molecular formula is C16H14F3NO2. The van der Waals surface area contributed by atoms with Crippen molar-refractivity contribution >= 4 is 11.6 Å². The number of carbonyl (C=O) groups is 1. The number of aryl methyl sites for hydroxylation is 1. The summed E-state index contributed by atoms with van der Waals surface area (Å²) in [5.41, 5.74) is 0.848. The molecule has 0 aliphatic heterocycles. The zero-order valence-corrected chi connectivity index (χ0v) is 11.7. The summed E-state index contributed by atoms with van der Waals surface area (Å²) in [4.78, 5) is 12.1. The van der Waals surface area contributed by atoms with E-state index in [1.54, 1.807) is 25.1 Å². The van der Waals surface area contributed by atoms with Crippen LogP contribution < -0.4 is 5.32 Å². The van der Waals surface area contributed by atoms with Crippen LogP contribution in [0.1, 0.15) is 27.0 Å². The van der Waals surface area contributed by atoms with Crippen molar-refractivity contribution in [3.05, 3.63) is 64.7 Å². The van der Waals surface area contributed by atoms with Crippen LogP contribution in [0.5, 0.6) is 0 Å². The van der Waals surface area contributed by atoms with Crippen molar-refractivity contribution in [1.82, 2.24) is 0 Å². The highest BCUT2D eigenvalue weighted by molar-refractivity contribution is 6.04. The van der Waals surface area contributed by atoms with Gasteiger partial charge in [0.15, 0.2) is 0 Å². The number of aliphatic hydroxyl groups is 1. The van der Waals surface area contributed by atoms with Gasteiger partial charge in [-0.3, -0.25) is 4.79 Å². The molecule has 2 aromatic carbocycles. The van der Waals surface area contributed by atoms with Crippen LogP contribution in [0.25, 0.3) is 0 Å². The first-order chi connectivity index (χ1) is 10.3. The van der Waals surface area contributed by atoms with Gasteiger partial charge in [-0.2, -0.15) is 13.2 Å². The van der Waals surface area contributed by atoms with E-state index in [1.165, 1.54) is 12.1 Å². The molecule has 2 rings (SSSR count).